The molecule has 128 valence electrons. The second kappa shape index (κ2) is 10.7. The van der Waals surface area contributed by atoms with E-state index in [4.69, 9.17) is 37.5 Å². The molecule has 1 rings (SSSR count). The number of benzene rings is 1. The minimum absolute atomic E-state index is 0.00695. The molecule has 0 fully saturated rings. The van der Waals surface area contributed by atoms with Crippen LogP contribution in [0.1, 0.15) is 20.3 Å². The Hall–Kier alpha value is -0.980. The fraction of sp³-hybridized carbons (Fsp3) is 0.400. The molecule has 4 nitrogen and oxygen atoms in total. The Morgan fingerprint density at radius 3 is 2.65 bits per heavy atom. The number of hydrogen-bond donors (Lipinski definition) is 0. The van der Waals surface area contributed by atoms with Crippen LogP contribution in [0.25, 0.3) is 0 Å². The normalized spacial score (nSPS) is 11.1. The van der Waals surface area contributed by atoms with Gasteiger partial charge in [-0.15, -0.1) is 0 Å². The molecule has 0 unspecified atom stereocenters. The van der Waals surface area contributed by atoms with Gasteiger partial charge in [0.1, 0.15) is 19.0 Å². The lowest BCUT2D eigenvalue weighted by molar-refractivity contribution is 0.127. The van der Waals surface area contributed by atoms with Crippen LogP contribution < -0.4 is 9.47 Å². The van der Waals surface area contributed by atoms with Crippen molar-refractivity contribution in [3.05, 3.63) is 33.0 Å². The van der Waals surface area contributed by atoms with Crippen LogP contribution in [-0.4, -0.2) is 25.5 Å². The van der Waals surface area contributed by atoms with Gasteiger partial charge in [0.15, 0.2) is 11.0 Å². The third kappa shape index (κ3) is 8.44. The summed E-state index contributed by atoms with van der Waals surface area (Å²) < 4.78 is 23.9. The van der Waals surface area contributed by atoms with Gasteiger partial charge in [-0.05, 0) is 35.8 Å². The van der Waals surface area contributed by atoms with Crippen LogP contribution in [0.4, 0.5) is 4.39 Å². The van der Waals surface area contributed by atoms with Gasteiger partial charge in [0.25, 0.3) is 0 Å². The molecule has 0 N–H and O–H groups in total. The summed E-state index contributed by atoms with van der Waals surface area (Å²) >= 11 is 14.6. The molecule has 0 saturated heterocycles. The molecule has 0 bridgehead atoms. The Morgan fingerprint density at radius 1 is 1.30 bits per heavy atom. The van der Waals surface area contributed by atoms with Crippen LogP contribution >= 0.6 is 39.1 Å². The van der Waals surface area contributed by atoms with E-state index in [-0.39, 0.29) is 6.61 Å². The number of oxime groups is 1. The van der Waals surface area contributed by atoms with Gasteiger partial charge in [0, 0.05) is 18.6 Å². The molecule has 0 aliphatic rings. The summed E-state index contributed by atoms with van der Waals surface area (Å²) in [6.45, 7) is 4.60. The van der Waals surface area contributed by atoms with Crippen LogP contribution in [-0.2, 0) is 4.84 Å². The SMILES string of the molecule is CC(C)=NOCCCOc1c(Cl)cc(OC/C=C(\F)Cl)cc1Br. The largest absolute Gasteiger partial charge is 0.491 e. The Morgan fingerprint density at radius 2 is 2.04 bits per heavy atom. The molecule has 0 aromatic heterocycles. The molecule has 0 saturated carbocycles. The summed E-state index contributed by atoms with van der Waals surface area (Å²) in [7, 11) is 0. The first-order valence-electron chi connectivity index (χ1n) is 6.79. The fourth-order valence-corrected chi connectivity index (χ4v) is 2.43. The summed E-state index contributed by atoms with van der Waals surface area (Å²) in [6.07, 6.45) is 1.77. The molecular weight excluding hydrogens is 412 g/mol. The maximum Gasteiger partial charge on any atom is 0.188 e. The second-order valence-corrected chi connectivity index (χ2v) is 6.22. The molecule has 0 atom stereocenters. The minimum Gasteiger partial charge on any atom is -0.491 e. The van der Waals surface area contributed by atoms with Crippen LogP contribution in [0, 0.1) is 0 Å². The third-order valence-corrected chi connectivity index (χ3v) is 3.36. The van der Waals surface area contributed by atoms with Crippen LogP contribution in [0.2, 0.25) is 5.02 Å². The number of ether oxygens (including phenoxy) is 2. The van der Waals surface area contributed by atoms with E-state index < -0.39 is 5.29 Å². The van der Waals surface area contributed by atoms with E-state index in [1.165, 1.54) is 0 Å². The van der Waals surface area contributed by atoms with Crippen molar-refractivity contribution in [2.45, 2.75) is 20.3 Å². The molecular formula is C15H17BrCl2FNO3. The van der Waals surface area contributed by atoms with E-state index in [2.05, 4.69) is 21.1 Å². The smallest absolute Gasteiger partial charge is 0.188 e. The molecule has 23 heavy (non-hydrogen) atoms. The molecule has 0 aliphatic heterocycles. The van der Waals surface area contributed by atoms with Gasteiger partial charge >= 0.3 is 0 Å². The zero-order valence-corrected chi connectivity index (χ0v) is 15.8. The Balaban J connectivity index is 2.50. The topological polar surface area (TPSA) is 40.0 Å². The first kappa shape index (κ1) is 20.1. The maximum absolute atomic E-state index is 12.4. The molecule has 0 spiro atoms. The van der Waals surface area contributed by atoms with E-state index >= 15 is 0 Å². The lowest BCUT2D eigenvalue weighted by atomic mass is 10.3. The first-order valence-corrected chi connectivity index (χ1v) is 8.34. The summed E-state index contributed by atoms with van der Waals surface area (Å²) in [6, 6.07) is 3.27. The average molecular weight is 429 g/mol. The number of nitrogens with zero attached hydrogens (tertiary/aromatic N) is 1. The maximum atomic E-state index is 12.4. The van der Waals surface area contributed by atoms with Crippen molar-refractivity contribution in [3.8, 4) is 11.5 Å². The van der Waals surface area contributed by atoms with Crippen LogP contribution in [0.3, 0.4) is 0 Å². The van der Waals surface area contributed by atoms with Gasteiger partial charge in [0.05, 0.1) is 21.8 Å². The predicted molar refractivity (Wildman–Crippen MR) is 94.5 cm³/mol. The van der Waals surface area contributed by atoms with Crippen molar-refractivity contribution in [1.82, 2.24) is 0 Å². The number of hydrogen-bond acceptors (Lipinski definition) is 4. The molecule has 1 aromatic carbocycles. The summed E-state index contributed by atoms with van der Waals surface area (Å²) in [5.41, 5.74) is 0.858. The molecule has 0 radical (unpaired) electrons. The first-order chi connectivity index (χ1) is 10.9. The second-order valence-electron chi connectivity index (χ2n) is 4.59. The van der Waals surface area contributed by atoms with Crippen molar-refractivity contribution in [2.75, 3.05) is 19.8 Å². The van der Waals surface area contributed by atoms with Gasteiger partial charge in [0.2, 0.25) is 0 Å². The minimum atomic E-state index is -0.820. The van der Waals surface area contributed by atoms with Crippen molar-refractivity contribution < 1.29 is 18.7 Å². The van der Waals surface area contributed by atoms with Crippen LogP contribution in [0.5, 0.6) is 11.5 Å². The van der Waals surface area contributed by atoms with E-state index in [0.29, 0.717) is 40.6 Å². The van der Waals surface area contributed by atoms with E-state index in [1.807, 2.05) is 13.8 Å². The zero-order chi connectivity index (χ0) is 17.2. The quantitative estimate of drug-likeness (QED) is 0.287. The van der Waals surface area contributed by atoms with Crippen molar-refractivity contribution in [2.24, 2.45) is 5.16 Å². The van der Waals surface area contributed by atoms with E-state index in [9.17, 15) is 4.39 Å². The highest BCUT2D eigenvalue weighted by atomic mass is 79.9. The predicted octanol–water partition coefficient (Wildman–Crippen LogP) is 5.71. The van der Waals surface area contributed by atoms with Gasteiger partial charge < -0.3 is 14.3 Å². The molecule has 8 heteroatoms. The Bertz CT molecular complexity index is 551. The summed E-state index contributed by atoms with van der Waals surface area (Å²) in [5, 5.41) is 3.39. The van der Waals surface area contributed by atoms with Crippen molar-refractivity contribution in [3.63, 3.8) is 0 Å². The summed E-state index contributed by atoms with van der Waals surface area (Å²) in [4.78, 5) is 5.07. The van der Waals surface area contributed by atoms with Gasteiger partial charge in [-0.2, -0.15) is 4.39 Å². The van der Waals surface area contributed by atoms with Gasteiger partial charge in [-0.25, -0.2) is 0 Å². The zero-order valence-electron chi connectivity index (χ0n) is 12.7. The highest BCUT2D eigenvalue weighted by Crippen LogP contribution is 2.37. The molecule has 0 amide bonds. The average Bonchev–Trinajstić information content (AvgIpc) is 2.44. The van der Waals surface area contributed by atoms with Gasteiger partial charge in [-0.1, -0.05) is 28.4 Å². The lowest BCUT2D eigenvalue weighted by Gasteiger charge is -2.12. The summed E-state index contributed by atoms with van der Waals surface area (Å²) in [5.74, 6) is 0.979. The fourth-order valence-electron chi connectivity index (χ4n) is 1.43. The Kier molecular flexibility index (Phi) is 9.36. The van der Waals surface area contributed by atoms with E-state index in [0.717, 1.165) is 11.8 Å². The Labute approximate surface area is 153 Å². The highest BCUT2D eigenvalue weighted by molar-refractivity contribution is 9.10. The number of halogens is 4. The lowest BCUT2D eigenvalue weighted by Crippen LogP contribution is -2.03. The number of rotatable bonds is 9. The van der Waals surface area contributed by atoms with Crippen LogP contribution in [0.15, 0.2) is 33.1 Å². The van der Waals surface area contributed by atoms with Crippen molar-refractivity contribution >= 4 is 44.8 Å². The molecule has 0 heterocycles. The highest BCUT2D eigenvalue weighted by Gasteiger charge is 2.10. The van der Waals surface area contributed by atoms with Crippen molar-refractivity contribution in [1.29, 1.82) is 0 Å². The van der Waals surface area contributed by atoms with Gasteiger partial charge in [-0.3, -0.25) is 0 Å². The molecule has 1 aromatic rings. The third-order valence-electron chi connectivity index (χ3n) is 2.33. The molecule has 0 aliphatic carbocycles. The standard InChI is InChI=1S/C15H17BrCl2FNO3/c1-10(2)20-23-6-3-5-22-15-12(16)8-11(9-13(15)17)21-7-4-14(18)19/h4,8-9H,3,5-7H2,1-2H3/b14-4-. The van der Waals surface area contributed by atoms with E-state index in [1.54, 1.807) is 12.1 Å². The monoisotopic (exact) mass is 427 g/mol.